The zero-order valence-electron chi connectivity index (χ0n) is 11.9. The fourth-order valence-corrected chi connectivity index (χ4v) is 2.20. The first kappa shape index (κ1) is 14.2. The summed E-state index contributed by atoms with van der Waals surface area (Å²) in [6.07, 6.45) is 3.62. The fourth-order valence-electron chi connectivity index (χ4n) is 2.20. The molecule has 8 nitrogen and oxygen atoms in total. The van der Waals surface area contributed by atoms with Crippen LogP contribution in [0.3, 0.4) is 0 Å². The largest absolute Gasteiger partial charge is 0.433 e. The molecule has 0 aliphatic heterocycles. The Kier molecular flexibility index (Phi) is 3.58. The van der Waals surface area contributed by atoms with E-state index < -0.39 is 16.7 Å². The summed E-state index contributed by atoms with van der Waals surface area (Å²) in [5.41, 5.74) is 0.818. The molecule has 1 atom stereocenters. The predicted octanol–water partition coefficient (Wildman–Crippen LogP) is 2.17. The highest BCUT2D eigenvalue weighted by molar-refractivity contribution is 5.92. The summed E-state index contributed by atoms with van der Waals surface area (Å²) in [4.78, 5) is 30.7. The summed E-state index contributed by atoms with van der Waals surface area (Å²) < 4.78 is 4.92. The first-order valence-corrected chi connectivity index (χ1v) is 6.89. The average Bonchev–Trinajstić information content (AvgIpc) is 3.19. The van der Waals surface area contributed by atoms with Crippen molar-refractivity contribution in [3.8, 4) is 0 Å². The maximum atomic E-state index is 12.2. The van der Waals surface area contributed by atoms with Gasteiger partial charge in [-0.15, -0.1) is 0 Å². The molecule has 0 bridgehead atoms. The van der Waals surface area contributed by atoms with E-state index in [-0.39, 0.29) is 17.7 Å². The monoisotopic (exact) mass is 302 g/mol. The topological polar surface area (TPSA) is 111 Å². The van der Waals surface area contributed by atoms with E-state index in [2.05, 4.69) is 15.3 Å². The van der Waals surface area contributed by atoms with Gasteiger partial charge >= 0.3 is 5.88 Å². The number of hydrogen-bond donors (Lipinski definition) is 1. The van der Waals surface area contributed by atoms with Crippen molar-refractivity contribution in [2.75, 3.05) is 0 Å². The second-order valence-corrected chi connectivity index (χ2v) is 5.24. The summed E-state index contributed by atoms with van der Waals surface area (Å²) in [7, 11) is 0. The van der Waals surface area contributed by atoms with Crippen LogP contribution in [0.25, 0.3) is 0 Å². The van der Waals surface area contributed by atoms with Crippen molar-refractivity contribution >= 4 is 11.8 Å². The van der Waals surface area contributed by atoms with E-state index in [1.807, 2.05) is 6.92 Å². The van der Waals surface area contributed by atoms with Crippen LogP contribution in [0.2, 0.25) is 0 Å². The molecule has 0 spiro atoms. The number of rotatable bonds is 5. The van der Waals surface area contributed by atoms with Crippen molar-refractivity contribution in [2.45, 2.75) is 25.8 Å². The molecule has 0 aromatic carbocycles. The zero-order valence-corrected chi connectivity index (χ0v) is 11.9. The Morgan fingerprint density at radius 1 is 1.45 bits per heavy atom. The number of nitrogens with one attached hydrogen (secondary N) is 1. The Morgan fingerprint density at radius 3 is 2.82 bits per heavy atom. The van der Waals surface area contributed by atoms with Crippen LogP contribution >= 0.6 is 0 Å². The van der Waals surface area contributed by atoms with Gasteiger partial charge < -0.3 is 9.73 Å². The number of nitro groups is 1. The number of furan rings is 1. The lowest BCUT2D eigenvalue weighted by Gasteiger charge is -2.16. The van der Waals surface area contributed by atoms with E-state index in [0.717, 1.165) is 24.6 Å². The van der Waals surface area contributed by atoms with Crippen molar-refractivity contribution in [1.29, 1.82) is 0 Å². The van der Waals surface area contributed by atoms with E-state index in [9.17, 15) is 14.9 Å². The van der Waals surface area contributed by atoms with Crippen LogP contribution in [-0.2, 0) is 0 Å². The minimum atomic E-state index is -0.682. The molecule has 1 aliphatic rings. The Bertz CT molecular complexity index is 723. The first-order chi connectivity index (χ1) is 10.5. The van der Waals surface area contributed by atoms with Gasteiger partial charge in [-0.05, 0) is 37.8 Å². The number of nitrogens with zero attached hydrogens (tertiary/aromatic N) is 3. The molecule has 2 aromatic rings. The third kappa shape index (κ3) is 2.95. The molecule has 3 rings (SSSR count). The summed E-state index contributed by atoms with van der Waals surface area (Å²) >= 11 is 0. The van der Waals surface area contributed by atoms with Gasteiger partial charge in [0.05, 0.1) is 12.1 Å². The highest BCUT2D eigenvalue weighted by atomic mass is 16.6. The van der Waals surface area contributed by atoms with E-state index in [1.165, 1.54) is 6.07 Å². The third-order valence-corrected chi connectivity index (χ3v) is 3.47. The van der Waals surface area contributed by atoms with Crippen LogP contribution in [-0.4, -0.2) is 20.8 Å². The molecule has 1 N–H and O–H groups in total. The van der Waals surface area contributed by atoms with Crippen molar-refractivity contribution < 1.29 is 14.1 Å². The zero-order chi connectivity index (χ0) is 15.7. The Hall–Kier alpha value is -2.77. The molecule has 1 amide bonds. The Morgan fingerprint density at radius 2 is 2.23 bits per heavy atom. The number of carbonyl (C=O) groups is 1. The normalized spacial score (nSPS) is 15.3. The van der Waals surface area contributed by atoms with Gasteiger partial charge in [0.15, 0.2) is 11.6 Å². The first-order valence-electron chi connectivity index (χ1n) is 6.89. The summed E-state index contributed by atoms with van der Waals surface area (Å²) in [6.45, 7) is 1.85. The van der Waals surface area contributed by atoms with E-state index in [1.54, 1.807) is 12.3 Å². The van der Waals surface area contributed by atoms with Crippen LogP contribution < -0.4 is 5.32 Å². The van der Waals surface area contributed by atoms with Gasteiger partial charge in [-0.2, -0.15) is 0 Å². The number of amides is 1. The van der Waals surface area contributed by atoms with Crippen LogP contribution in [0.15, 0.2) is 28.8 Å². The quantitative estimate of drug-likeness (QED) is 0.669. The average molecular weight is 302 g/mol. The molecule has 22 heavy (non-hydrogen) atoms. The van der Waals surface area contributed by atoms with E-state index >= 15 is 0 Å². The SMILES string of the molecule is Cc1ccnc([C@@H](NC(=O)c2ccc([N+](=O)[O-])o2)C2CC2)n1. The minimum Gasteiger partial charge on any atom is -0.395 e. The molecule has 1 fully saturated rings. The van der Waals surface area contributed by atoms with Crippen molar-refractivity contribution in [3.63, 3.8) is 0 Å². The number of carbonyl (C=O) groups excluding carboxylic acids is 1. The smallest absolute Gasteiger partial charge is 0.395 e. The summed E-state index contributed by atoms with van der Waals surface area (Å²) in [5, 5.41) is 13.4. The van der Waals surface area contributed by atoms with Crippen LogP contribution in [0.1, 0.15) is 41.0 Å². The summed E-state index contributed by atoms with van der Waals surface area (Å²) in [6, 6.07) is 3.92. The molecule has 2 aromatic heterocycles. The van der Waals surface area contributed by atoms with Gasteiger partial charge in [-0.25, -0.2) is 9.97 Å². The van der Waals surface area contributed by atoms with Gasteiger partial charge in [-0.1, -0.05) is 0 Å². The molecule has 114 valence electrons. The van der Waals surface area contributed by atoms with Gasteiger partial charge in [-0.3, -0.25) is 14.9 Å². The van der Waals surface area contributed by atoms with Crippen molar-refractivity contribution in [2.24, 2.45) is 5.92 Å². The lowest BCUT2D eigenvalue weighted by atomic mass is 10.1. The highest BCUT2D eigenvalue weighted by Gasteiger charge is 2.36. The lowest BCUT2D eigenvalue weighted by molar-refractivity contribution is -0.402. The molecule has 8 heteroatoms. The second-order valence-electron chi connectivity index (χ2n) is 5.24. The van der Waals surface area contributed by atoms with Crippen LogP contribution in [0.4, 0.5) is 5.88 Å². The molecular weight excluding hydrogens is 288 g/mol. The molecule has 0 saturated heterocycles. The maximum Gasteiger partial charge on any atom is 0.433 e. The molecule has 1 aliphatic carbocycles. The third-order valence-electron chi connectivity index (χ3n) is 3.47. The number of hydrogen-bond acceptors (Lipinski definition) is 6. The van der Waals surface area contributed by atoms with E-state index in [4.69, 9.17) is 4.42 Å². The standard InChI is InChI=1S/C14H14N4O4/c1-8-6-7-15-13(16-8)12(9-2-3-9)17-14(19)10-4-5-11(22-10)18(20)21/h4-7,9,12H,2-3H2,1H3,(H,17,19)/t12-/m0/s1. The molecule has 0 unspecified atom stereocenters. The summed E-state index contributed by atoms with van der Waals surface area (Å²) in [5.74, 6) is -0.215. The van der Waals surface area contributed by atoms with Crippen LogP contribution in [0.5, 0.6) is 0 Å². The van der Waals surface area contributed by atoms with Gasteiger partial charge in [0.1, 0.15) is 4.92 Å². The molecule has 0 radical (unpaired) electrons. The number of aryl methyl sites for hydroxylation is 1. The Balaban J connectivity index is 1.78. The van der Waals surface area contributed by atoms with Gasteiger partial charge in [0.25, 0.3) is 5.91 Å². The fraction of sp³-hybridized carbons (Fsp3) is 0.357. The van der Waals surface area contributed by atoms with Crippen molar-refractivity contribution in [3.05, 3.63) is 51.8 Å². The lowest BCUT2D eigenvalue weighted by Crippen LogP contribution is -2.31. The molecule has 1 saturated carbocycles. The van der Waals surface area contributed by atoms with Gasteiger partial charge in [0.2, 0.25) is 0 Å². The minimum absolute atomic E-state index is 0.0926. The maximum absolute atomic E-state index is 12.2. The highest BCUT2D eigenvalue weighted by Crippen LogP contribution is 2.40. The van der Waals surface area contributed by atoms with E-state index in [0.29, 0.717) is 5.82 Å². The van der Waals surface area contributed by atoms with Crippen molar-refractivity contribution in [1.82, 2.24) is 15.3 Å². The second kappa shape index (κ2) is 5.55. The van der Waals surface area contributed by atoms with Crippen LogP contribution in [0, 0.1) is 23.0 Å². The molecule has 2 heterocycles. The molecular formula is C14H14N4O4. The predicted molar refractivity (Wildman–Crippen MR) is 75.1 cm³/mol. The number of aromatic nitrogens is 2. The Labute approximate surface area is 125 Å². The van der Waals surface area contributed by atoms with Gasteiger partial charge in [0, 0.05) is 11.9 Å².